The Bertz CT molecular complexity index is 1110. The van der Waals surface area contributed by atoms with Crippen LogP contribution in [-0.2, 0) is 13.1 Å². The number of nitrogens with one attached hydrogen (secondary N) is 1. The molecule has 0 spiro atoms. The molecule has 3 aromatic rings. The van der Waals surface area contributed by atoms with Crippen molar-refractivity contribution < 1.29 is 14.3 Å². The average Bonchev–Trinajstić information content (AvgIpc) is 3.52. The Kier molecular flexibility index (Phi) is 6.59. The van der Waals surface area contributed by atoms with E-state index in [4.69, 9.17) is 9.47 Å². The molecule has 3 heterocycles. The van der Waals surface area contributed by atoms with E-state index in [2.05, 4.69) is 70.5 Å². The van der Waals surface area contributed by atoms with Crippen molar-refractivity contribution in [3.63, 3.8) is 0 Å². The van der Waals surface area contributed by atoms with Crippen LogP contribution in [0.1, 0.15) is 40.7 Å². The number of aromatic nitrogens is 1. The number of rotatable bonds is 8. The predicted octanol–water partition coefficient (Wildman–Crippen LogP) is 4.31. The van der Waals surface area contributed by atoms with E-state index in [0.29, 0.717) is 31.0 Å². The van der Waals surface area contributed by atoms with E-state index in [1.165, 1.54) is 5.56 Å². The highest BCUT2D eigenvalue weighted by molar-refractivity contribution is 5.98. The molecule has 1 aromatic heterocycles. The zero-order valence-electron chi connectivity index (χ0n) is 19.9. The molecule has 1 amide bonds. The van der Waals surface area contributed by atoms with Gasteiger partial charge in [-0.15, -0.1) is 0 Å². The number of ether oxygens (including phenoxy) is 2. The summed E-state index contributed by atoms with van der Waals surface area (Å²) >= 11 is 0. The monoisotopic (exact) mass is 459 g/mol. The van der Waals surface area contributed by atoms with Crippen LogP contribution >= 0.6 is 0 Å². The summed E-state index contributed by atoms with van der Waals surface area (Å²) in [5, 5.41) is 2.88. The van der Waals surface area contributed by atoms with Gasteiger partial charge in [-0.25, -0.2) is 0 Å². The normalized spacial score (nSPS) is 22.3. The number of hydrogen-bond donors (Lipinski definition) is 1. The van der Waals surface area contributed by atoms with Crippen LogP contribution in [0.15, 0.2) is 67.0 Å². The molecule has 6 nitrogen and oxygen atoms in total. The fraction of sp³-hybridized carbons (Fsp3) is 0.393. The first kappa shape index (κ1) is 22.5. The number of amides is 1. The molecule has 34 heavy (non-hydrogen) atoms. The maximum Gasteiger partial charge on any atom is 0.252 e. The number of fused-ring (bicyclic) bond motifs is 1. The van der Waals surface area contributed by atoms with E-state index < -0.39 is 0 Å². The number of piperidine rings is 1. The SMILES string of the molecule is COc1ccc(C2CCN(CCn3cccc3)C(C)C2COc2ccc3c(c2)C(=O)NC3)cc1. The second-order valence-corrected chi connectivity index (χ2v) is 9.34. The quantitative estimate of drug-likeness (QED) is 0.545. The van der Waals surface area contributed by atoms with Crippen LogP contribution in [0.25, 0.3) is 0 Å². The third-order valence-corrected chi connectivity index (χ3v) is 7.50. The Balaban J connectivity index is 1.33. The Labute approximate surface area is 201 Å². The Hall–Kier alpha value is -3.25. The van der Waals surface area contributed by atoms with Gasteiger partial charge in [0.15, 0.2) is 0 Å². The molecule has 2 aliphatic rings. The topological polar surface area (TPSA) is 55.7 Å². The van der Waals surface area contributed by atoms with Crippen LogP contribution in [0.4, 0.5) is 0 Å². The standard InChI is InChI=1S/C28H33N3O3/c1-20-27(19-34-24-10-7-22-18-29-28(32)26(22)17-24)25(21-5-8-23(33-2)9-6-21)11-14-31(20)16-15-30-12-3-4-13-30/h3-10,12-13,17,20,25,27H,11,14-16,18-19H2,1-2H3,(H,29,32). The Morgan fingerprint density at radius 3 is 2.56 bits per heavy atom. The largest absolute Gasteiger partial charge is 0.497 e. The van der Waals surface area contributed by atoms with Crippen molar-refractivity contribution in [3.8, 4) is 11.5 Å². The second kappa shape index (κ2) is 9.94. The van der Waals surface area contributed by atoms with E-state index in [1.807, 2.05) is 18.2 Å². The van der Waals surface area contributed by atoms with E-state index in [-0.39, 0.29) is 5.91 Å². The number of benzene rings is 2. The highest BCUT2D eigenvalue weighted by Crippen LogP contribution is 2.38. The van der Waals surface area contributed by atoms with Gasteiger partial charge in [0, 0.05) is 49.6 Å². The van der Waals surface area contributed by atoms with Gasteiger partial charge < -0.3 is 19.4 Å². The van der Waals surface area contributed by atoms with E-state index in [1.54, 1.807) is 7.11 Å². The Morgan fingerprint density at radius 2 is 1.79 bits per heavy atom. The smallest absolute Gasteiger partial charge is 0.252 e. The molecule has 0 aliphatic carbocycles. The minimum atomic E-state index is -0.0150. The molecule has 0 radical (unpaired) electrons. The number of methoxy groups -OCH3 is 1. The van der Waals surface area contributed by atoms with Gasteiger partial charge >= 0.3 is 0 Å². The summed E-state index contributed by atoms with van der Waals surface area (Å²) in [5.41, 5.74) is 3.10. The van der Waals surface area contributed by atoms with Gasteiger partial charge in [0.05, 0.1) is 13.7 Å². The van der Waals surface area contributed by atoms with Crippen molar-refractivity contribution in [2.24, 2.45) is 5.92 Å². The van der Waals surface area contributed by atoms with Crippen molar-refractivity contribution in [2.45, 2.75) is 38.4 Å². The molecule has 178 valence electrons. The lowest BCUT2D eigenvalue weighted by molar-refractivity contribution is 0.0538. The molecule has 1 saturated heterocycles. The summed E-state index contributed by atoms with van der Waals surface area (Å²) < 4.78 is 14.0. The maximum absolute atomic E-state index is 12.1. The minimum Gasteiger partial charge on any atom is -0.497 e. The third-order valence-electron chi connectivity index (χ3n) is 7.50. The molecule has 0 bridgehead atoms. The molecule has 1 fully saturated rings. The molecular formula is C28H33N3O3. The van der Waals surface area contributed by atoms with Crippen molar-refractivity contribution in [3.05, 3.63) is 83.7 Å². The lowest BCUT2D eigenvalue weighted by Crippen LogP contribution is -2.49. The van der Waals surface area contributed by atoms with Crippen LogP contribution in [0, 0.1) is 5.92 Å². The van der Waals surface area contributed by atoms with Crippen molar-refractivity contribution in [1.29, 1.82) is 0 Å². The number of carbonyl (C=O) groups excluding carboxylic acids is 1. The first-order chi connectivity index (χ1) is 16.6. The summed E-state index contributed by atoms with van der Waals surface area (Å²) in [6.45, 7) is 6.60. The van der Waals surface area contributed by atoms with Gasteiger partial charge in [0.25, 0.3) is 5.91 Å². The predicted molar refractivity (Wildman–Crippen MR) is 132 cm³/mol. The molecule has 0 saturated carbocycles. The average molecular weight is 460 g/mol. The van der Waals surface area contributed by atoms with Gasteiger partial charge in [-0.2, -0.15) is 0 Å². The van der Waals surface area contributed by atoms with E-state index in [9.17, 15) is 4.79 Å². The zero-order chi connectivity index (χ0) is 23.5. The summed E-state index contributed by atoms with van der Waals surface area (Å²) in [5.74, 6) is 2.36. The molecule has 3 unspecified atom stereocenters. The summed E-state index contributed by atoms with van der Waals surface area (Å²) in [6, 6.07) is 18.9. The van der Waals surface area contributed by atoms with Gasteiger partial charge in [-0.3, -0.25) is 9.69 Å². The fourth-order valence-corrected chi connectivity index (χ4v) is 5.40. The highest BCUT2D eigenvalue weighted by Gasteiger charge is 2.36. The van der Waals surface area contributed by atoms with Gasteiger partial charge in [-0.1, -0.05) is 18.2 Å². The lowest BCUT2D eigenvalue weighted by Gasteiger charge is -2.44. The second-order valence-electron chi connectivity index (χ2n) is 9.34. The maximum atomic E-state index is 12.1. The number of likely N-dealkylation sites (tertiary alicyclic amines) is 1. The summed E-state index contributed by atoms with van der Waals surface area (Å²) in [6.07, 6.45) is 5.34. The van der Waals surface area contributed by atoms with E-state index in [0.717, 1.165) is 48.7 Å². The van der Waals surface area contributed by atoms with Crippen molar-refractivity contribution in [2.75, 3.05) is 26.8 Å². The van der Waals surface area contributed by atoms with Crippen molar-refractivity contribution in [1.82, 2.24) is 14.8 Å². The molecule has 5 rings (SSSR count). The van der Waals surface area contributed by atoms with Gasteiger partial charge in [-0.05, 0) is 73.3 Å². The zero-order valence-corrected chi connectivity index (χ0v) is 19.9. The number of nitrogens with zero attached hydrogens (tertiary/aromatic N) is 2. The van der Waals surface area contributed by atoms with Gasteiger partial charge in [0.2, 0.25) is 0 Å². The van der Waals surface area contributed by atoms with Crippen LogP contribution in [-0.4, -0.2) is 48.2 Å². The first-order valence-electron chi connectivity index (χ1n) is 12.1. The summed E-state index contributed by atoms with van der Waals surface area (Å²) in [4.78, 5) is 14.7. The van der Waals surface area contributed by atoms with Gasteiger partial charge in [0.1, 0.15) is 11.5 Å². The van der Waals surface area contributed by atoms with Crippen LogP contribution in [0.2, 0.25) is 0 Å². The van der Waals surface area contributed by atoms with Crippen molar-refractivity contribution >= 4 is 5.91 Å². The number of hydrogen-bond acceptors (Lipinski definition) is 4. The highest BCUT2D eigenvalue weighted by atomic mass is 16.5. The minimum absolute atomic E-state index is 0.0150. The molecule has 6 heteroatoms. The van der Waals surface area contributed by atoms with Crippen LogP contribution < -0.4 is 14.8 Å². The van der Waals surface area contributed by atoms with Crippen LogP contribution in [0.3, 0.4) is 0 Å². The third kappa shape index (κ3) is 4.68. The number of carbonyl (C=O) groups is 1. The van der Waals surface area contributed by atoms with E-state index >= 15 is 0 Å². The molecule has 3 atom stereocenters. The molecule has 2 aliphatic heterocycles. The lowest BCUT2D eigenvalue weighted by atomic mass is 9.76. The Morgan fingerprint density at radius 1 is 1.03 bits per heavy atom. The van der Waals surface area contributed by atoms with Crippen LogP contribution in [0.5, 0.6) is 11.5 Å². The molecular weight excluding hydrogens is 426 g/mol. The molecule has 2 aromatic carbocycles. The first-order valence-corrected chi connectivity index (χ1v) is 12.1. The molecule has 1 N–H and O–H groups in total. The summed E-state index contributed by atoms with van der Waals surface area (Å²) in [7, 11) is 1.70. The fourth-order valence-electron chi connectivity index (χ4n) is 5.40.